The molecule has 0 unspecified atom stereocenters. The van der Waals surface area contributed by atoms with Gasteiger partial charge < -0.3 is 11.1 Å². The van der Waals surface area contributed by atoms with Gasteiger partial charge in [0.1, 0.15) is 23.5 Å². The van der Waals surface area contributed by atoms with Crippen molar-refractivity contribution in [2.75, 3.05) is 11.1 Å². The fraction of sp³-hybridized carbons (Fsp3) is 0.154. The van der Waals surface area contributed by atoms with Crippen LogP contribution in [0.25, 0.3) is 0 Å². The van der Waals surface area contributed by atoms with E-state index in [-0.39, 0.29) is 17.1 Å². The average Bonchev–Trinajstić information content (AvgIpc) is 2.36. The number of benzene rings is 1. The third kappa shape index (κ3) is 3.39. The van der Waals surface area contributed by atoms with E-state index in [1.165, 1.54) is 12.1 Å². The molecule has 0 aliphatic carbocycles. The van der Waals surface area contributed by atoms with Crippen LogP contribution in [0.4, 0.5) is 30.5 Å². The largest absolute Gasteiger partial charge is 0.416 e. The molecule has 0 bridgehead atoms. The molecular weight excluding hydrogens is 283 g/mol. The van der Waals surface area contributed by atoms with E-state index in [0.717, 1.165) is 12.1 Å². The van der Waals surface area contributed by atoms with Crippen LogP contribution in [-0.2, 0) is 6.18 Å². The van der Waals surface area contributed by atoms with Crippen LogP contribution in [0.5, 0.6) is 0 Å². The van der Waals surface area contributed by atoms with Crippen molar-refractivity contribution in [3.63, 3.8) is 0 Å². The summed E-state index contributed by atoms with van der Waals surface area (Å²) in [5, 5.41) is 11.7. The summed E-state index contributed by atoms with van der Waals surface area (Å²) in [6.07, 6.45) is -4.50. The zero-order valence-corrected chi connectivity index (χ0v) is 10.9. The van der Waals surface area contributed by atoms with Gasteiger partial charge in [0.2, 0.25) is 0 Å². The molecule has 0 fully saturated rings. The van der Waals surface area contributed by atoms with Crippen LogP contribution in [0.1, 0.15) is 17.0 Å². The minimum Gasteiger partial charge on any atom is -0.384 e. The summed E-state index contributed by atoms with van der Waals surface area (Å²) < 4.78 is 37.8. The summed E-state index contributed by atoms with van der Waals surface area (Å²) in [4.78, 5) is 7.92. The summed E-state index contributed by atoms with van der Waals surface area (Å²) in [6.45, 7) is 1.62. The lowest BCUT2D eigenvalue weighted by molar-refractivity contribution is -0.137. The first-order valence-electron chi connectivity index (χ1n) is 5.79. The van der Waals surface area contributed by atoms with Gasteiger partial charge >= 0.3 is 6.18 Å². The van der Waals surface area contributed by atoms with Gasteiger partial charge in [0.25, 0.3) is 0 Å². The first kappa shape index (κ1) is 14.6. The number of anilines is 3. The number of aromatic nitrogens is 2. The first-order valence-corrected chi connectivity index (χ1v) is 5.79. The highest BCUT2D eigenvalue weighted by atomic mass is 19.4. The standard InChI is InChI=1S/C13H10F3N5/c1-7-19-11(18)5-12(20-7)21-10-3-2-9(13(14,15)16)4-8(10)6-17/h2-5H,1H3,(H3,18,19,20,21). The number of nitrogens with two attached hydrogens (primary N) is 1. The molecule has 1 aromatic heterocycles. The number of halogens is 3. The zero-order valence-electron chi connectivity index (χ0n) is 10.9. The number of alkyl halides is 3. The van der Waals surface area contributed by atoms with Crippen molar-refractivity contribution in [2.24, 2.45) is 0 Å². The maximum absolute atomic E-state index is 12.6. The number of hydrogen-bond donors (Lipinski definition) is 2. The number of nitrogens with zero attached hydrogens (tertiary/aromatic N) is 3. The van der Waals surface area contributed by atoms with Crippen LogP contribution in [0.15, 0.2) is 24.3 Å². The van der Waals surface area contributed by atoms with E-state index in [9.17, 15) is 13.2 Å². The molecule has 0 aliphatic heterocycles. The van der Waals surface area contributed by atoms with E-state index in [1.54, 1.807) is 13.0 Å². The summed E-state index contributed by atoms with van der Waals surface area (Å²) in [5.41, 5.74) is 4.75. The fourth-order valence-electron chi connectivity index (χ4n) is 1.71. The van der Waals surface area contributed by atoms with E-state index in [2.05, 4.69) is 15.3 Å². The average molecular weight is 293 g/mol. The maximum atomic E-state index is 12.6. The third-order valence-electron chi connectivity index (χ3n) is 2.59. The molecule has 8 heteroatoms. The molecule has 0 radical (unpaired) electrons. The van der Waals surface area contributed by atoms with Gasteiger partial charge in [0, 0.05) is 6.07 Å². The lowest BCUT2D eigenvalue weighted by atomic mass is 10.1. The number of aryl methyl sites for hydroxylation is 1. The van der Waals surface area contributed by atoms with E-state index in [4.69, 9.17) is 11.0 Å². The highest BCUT2D eigenvalue weighted by Crippen LogP contribution is 2.32. The molecule has 108 valence electrons. The van der Waals surface area contributed by atoms with Gasteiger partial charge in [0.05, 0.1) is 16.8 Å². The Morgan fingerprint density at radius 1 is 1.24 bits per heavy atom. The molecule has 1 aromatic carbocycles. The van der Waals surface area contributed by atoms with Crippen LogP contribution in [0.3, 0.4) is 0 Å². The molecule has 0 aliphatic rings. The summed E-state index contributed by atoms with van der Waals surface area (Å²) in [7, 11) is 0. The third-order valence-corrected chi connectivity index (χ3v) is 2.59. The monoisotopic (exact) mass is 293 g/mol. The van der Waals surface area contributed by atoms with Gasteiger partial charge in [0.15, 0.2) is 0 Å². The minimum absolute atomic E-state index is 0.139. The predicted octanol–water partition coefficient (Wildman–Crippen LogP) is 3.00. The van der Waals surface area contributed by atoms with E-state index in [1.807, 2.05) is 0 Å². The van der Waals surface area contributed by atoms with Crippen molar-refractivity contribution in [3.8, 4) is 6.07 Å². The molecule has 3 N–H and O–H groups in total. The van der Waals surface area contributed by atoms with Crippen molar-refractivity contribution in [1.82, 2.24) is 9.97 Å². The van der Waals surface area contributed by atoms with Crippen molar-refractivity contribution < 1.29 is 13.2 Å². The Kier molecular flexibility index (Phi) is 3.67. The van der Waals surface area contributed by atoms with Gasteiger partial charge in [-0.25, -0.2) is 9.97 Å². The van der Waals surface area contributed by atoms with Crippen molar-refractivity contribution in [1.29, 1.82) is 5.26 Å². The van der Waals surface area contributed by atoms with Gasteiger partial charge in [-0.05, 0) is 25.1 Å². The second kappa shape index (κ2) is 5.28. The summed E-state index contributed by atoms with van der Waals surface area (Å²) in [6, 6.07) is 5.99. The fourth-order valence-corrected chi connectivity index (χ4v) is 1.71. The molecule has 1 heterocycles. The molecule has 0 atom stereocenters. The SMILES string of the molecule is Cc1nc(N)cc(Nc2ccc(C(F)(F)F)cc2C#N)n1. The highest BCUT2D eigenvalue weighted by Gasteiger charge is 2.31. The van der Waals surface area contributed by atoms with Gasteiger partial charge in [-0.2, -0.15) is 18.4 Å². The number of rotatable bonds is 2. The van der Waals surface area contributed by atoms with E-state index >= 15 is 0 Å². The van der Waals surface area contributed by atoms with Crippen LogP contribution in [0.2, 0.25) is 0 Å². The van der Waals surface area contributed by atoms with E-state index < -0.39 is 11.7 Å². The first-order chi connectivity index (χ1) is 9.79. The Morgan fingerprint density at radius 3 is 2.52 bits per heavy atom. The lowest BCUT2D eigenvalue weighted by Crippen LogP contribution is -2.06. The second-order valence-corrected chi connectivity index (χ2v) is 4.22. The van der Waals surface area contributed by atoms with Crippen molar-refractivity contribution in [3.05, 3.63) is 41.2 Å². The predicted molar refractivity (Wildman–Crippen MR) is 70.6 cm³/mol. The Hall–Kier alpha value is -2.82. The van der Waals surface area contributed by atoms with E-state index in [0.29, 0.717) is 11.6 Å². The van der Waals surface area contributed by atoms with Gasteiger partial charge in [-0.3, -0.25) is 0 Å². The molecular formula is C13H10F3N5. The second-order valence-electron chi connectivity index (χ2n) is 4.22. The Bertz CT molecular complexity index is 698. The molecule has 0 saturated carbocycles. The number of nitrogens with one attached hydrogen (secondary N) is 1. The van der Waals surface area contributed by atoms with Crippen LogP contribution >= 0.6 is 0 Å². The smallest absolute Gasteiger partial charge is 0.384 e. The summed E-state index contributed by atoms with van der Waals surface area (Å²) in [5.74, 6) is 0.926. The zero-order chi connectivity index (χ0) is 15.6. The van der Waals surface area contributed by atoms with Gasteiger partial charge in [-0.1, -0.05) is 0 Å². The number of hydrogen-bond acceptors (Lipinski definition) is 5. The highest BCUT2D eigenvalue weighted by molar-refractivity contribution is 5.66. The molecule has 2 aromatic rings. The Labute approximate surface area is 118 Å². The normalized spacial score (nSPS) is 11.0. The molecule has 0 amide bonds. The van der Waals surface area contributed by atoms with Crippen LogP contribution < -0.4 is 11.1 Å². The van der Waals surface area contributed by atoms with Crippen LogP contribution in [-0.4, -0.2) is 9.97 Å². The minimum atomic E-state index is -4.50. The molecule has 0 saturated heterocycles. The Balaban J connectivity index is 2.39. The molecule has 5 nitrogen and oxygen atoms in total. The summed E-state index contributed by atoms with van der Waals surface area (Å²) >= 11 is 0. The topological polar surface area (TPSA) is 87.6 Å². The maximum Gasteiger partial charge on any atom is 0.416 e. The molecule has 2 rings (SSSR count). The van der Waals surface area contributed by atoms with Crippen LogP contribution in [0, 0.1) is 18.3 Å². The lowest BCUT2D eigenvalue weighted by Gasteiger charge is -2.11. The quantitative estimate of drug-likeness (QED) is 0.888. The van der Waals surface area contributed by atoms with Crippen molar-refractivity contribution >= 4 is 17.3 Å². The van der Waals surface area contributed by atoms with Crippen molar-refractivity contribution in [2.45, 2.75) is 13.1 Å². The Morgan fingerprint density at radius 2 is 1.95 bits per heavy atom. The number of nitrogen functional groups attached to an aromatic ring is 1. The van der Waals surface area contributed by atoms with Gasteiger partial charge in [-0.15, -0.1) is 0 Å². The molecule has 21 heavy (non-hydrogen) atoms. The number of nitriles is 1. The molecule has 0 spiro atoms.